The summed E-state index contributed by atoms with van der Waals surface area (Å²) in [6.07, 6.45) is 46.4. The van der Waals surface area contributed by atoms with E-state index in [0.29, 0.717) is 5.41 Å². The molecule has 1 saturated heterocycles. The molecule has 1 fully saturated rings. The van der Waals surface area contributed by atoms with Crippen molar-refractivity contribution in [1.82, 2.24) is 4.90 Å². The van der Waals surface area contributed by atoms with E-state index in [2.05, 4.69) is 50.1 Å². The fourth-order valence-corrected chi connectivity index (χ4v) is 6.33. The van der Waals surface area contributed by atoms with Gasteiger partial charge in [-0.3, -0.25) is 0 Å². The molecule has 0 atom stereocenters. The summed E-state index contributed by atoms with van der Waals surface area (Å²) in [4.78, 5) is 2.55. The van der Waals surface area contributed by atoms with Crippen molar-refractivity contribution in [2.24, 2.45) is 5.41 Å². The molecule has 0 radical (unpaired) electrons. The summed E-state index contributed by atoms with van der Waals surface area (Å²) in [6.45, 7) is 7.31. The molecule has 218 valence electrons. The lowest BCUT2D eigenvalue weighted by molar-refractivity contribution is 0.00256. The second-order valence-electron chi connectivity index (χ2n) is 12.6. The fraction of sp³-hybridized carbons (Fsp3) is 0.889. The van der Waals surface area contributed by atoms with Crippen molar-refractivity contribution >= 4 is 0 Å². The first-order chi connectivity index (χ1) is 18.2. The Hall–Kier alpha value is -0.560. The van der Waals surface area contributed by atoms with Gasteiger partial charge in [0.15, 0.2) is 0 Å². The first-order valence-corrected chi connectivity index (χ1v) is 17.2. The molecule has 37 heavy (non-hydrogen) atoms. The second kappa shape index (κ2) is 25.7. The van der Waals surface area contributed by atoms with Gasteiger partial charge in [0, 0.05) is 13.1 Å². The molecule has 1 nitrogen and oxygen atoms in total. The number of hydrogen-bond acceptors (Lipinski definition) is 1. The monoisotopic (exact) mass is 516 g/mol. The van der Waals surface area contributed by atoms with Crippen molar-refractivity contribution in [2.75, 3.05) is 20.1 Å². The van der Waals surface area contributed by atoms with Crippen molar-refractivity contribution in [1.29, 1.82) is 0 Å². The molecule has 1 aliphatic heterocycles. The Bertz CT molecular complexity index is 473. The lowest BCUT2D eigenvalue weighted by Crippen LogP contribution is -2.54. The van der Waals surface area contributed by atoms with Crippen LogP contribution in [0.2, 0.25) is 0 Å². The summed E-state index contributed by atoms with van der Waals surface area (Å²) in [5, 5.41) is 0. The average molecular weight is 516 g/mol. The minimum Gasteiger partial charge on any atom is -0.305 e. The van der Waals surface area contributed by atoms with Gasteiger partial charge in [-0.05, 0) is 76.7 Å². The predicted octanol–water partition coefficient (Wildman–Crippen LogP) is 12.2. The second-order valence-corrected chi connectivity index (χ2v) is 12.6. The van der Waals surface area contributed by atoms with Crippen LogP contribution in [0.25, 0.3) is 0 Å². The smallest absolute Gasteiger partial charge is 0.00474 e. The molecule has 0 amide bonds. The van der Waals surface area contributed by atoms with E-state index in [1.165, 1.54) is 180 Å². The summed E-state index contributed by atoms with van der Waals surface area (Å²) >= 11 is 0. The highest BCUT2D eigenvalue weighted by molar-refractivity contribution is 4.93. The maximum atomic E-state index is 2.55. The number of nitrogens with zero attached hydrogens (tertiary/aromatic N) is 1. The summed E-state index contributed by atoms with van der Waals surface area (Å²) in [7, 11) is 2.32. The lowest BCUT2D eigenvalue weighted by atomic mass is 9.72. The van der Waals surface area contributed by atoms with Crippen LogP contribution in [0.5, 0.6) is 0 Å². The van der Waals surface area contributed by atoms with Gasteiger partial charge in [0.2, 0.25) is 0 Å². The molecule has 0 unspecified atom stereocenters. The van der Waals surface area contributed by atoms with Gasteiger partial charge < -0.3 is 4.90 Å². The van der Waals surface area contributed by atoms with Crippen LogP contribution in [-0.4, -0.2) is 25.0 Å². The van der Waals surface area contributed by atoms with E-state index in [9.17, 15) is 0 Å². The summed E-state index contributed by atoms with van der Waals surface area (Å²) in [5.41, 5.74) is 0.679. The highest BCUT2D eigenvalue weighted by atomic mass is 15.2. The van der Waals surface area contributed by atoms with Gasteiger partial charge in [-0.25, -0.2) is 0 Å². The molecular formula is C36H69N. The maximum Gasteiger partial charge on any atom is 0.00474 e. The predicted molar refractivity (Wildman–Crippen MR) is 170 cm³/mol. The lowest BCUT2D eigenvalue weighted by Gasteiger charge is -2.49. The maximum absolute atomic E-state index is 2.55. The summed E-state index contributed by atoms with van der Waals surface area (Å²) in [6, 6.07) is 0. The van der Waals surface area contributed by atoms with Gasteiger partial charge in [0.25, 0.3) is 0 Å². The summed E-state index contributed by atoms with van der Waals surface area (Å²) < 4.78 is 0. The van der Waals surface area contributed by atoms with E-state index in [1.54, 1.807) is 0 Å². The summed E-state index contributed by atoms with van der Waals surface area (Å²) in [5.74, 6) is 0. The highest BCUT2D eigenvalue weighted by Crippen LogP contribution is 2.40. The van der Waals surface area contributed by atoms with Crippen LogP contribution in [-0.2, 0) is 0 Å². The molecule has 1 rings (SSSR count). The average Bonchev–Trinajstić information content (AvgIpc) is 2.88. The highest BCUT2D eigenvalue weighted by Gasteiger charge is 2.39. The zero-order valence-corrected chi connectivity index (χ0v) is 26.1. The van der Waals surface area contributed by atoms with E-state index in [1.807, 2.05) is 0 Å². The van der Waals surface area contributed by atoms with Gasteiger partial charge in [0.1, 0.15) is 0 Å². The van der Waals surface area contributed by atoms with Crippen LogP contribution in [0.1, 0.15) is 181 Å². The molecule has 1 heterocycles. The Balaban J connectivity index is 1.92. The Morgan fingerprint density at radius 2 is 0.730 bits per heavy atom. The first kappa shape index (κ1) is 34.5. The minimum atomic E-state index is 0.679. The van der Waals surface area contributed by atoms with E-state index < -0.39 is 0 Å². The van der Waals surface area contributed by atoms with Crippen LogP contribution in [0, 0.1) is 5.41 Å². The number of rotatable bonds is 28. The molecule has 0 aliphatic carbocycles. The molecule has 0 aromatic rings. The number of likely N-dealkylation sites (tertiary alicyclic amines) is 1. The SMILES string of the molecule is CCCCCC/C=C\CCCCCCCCC1(CCCCCCCC/C=C\CCCCCC)CN(C)C1. The van der Waals surface area contributed by atoms with Gasteiger partial charge in [-0.2, -0.15) is 0 Å². The Morgan fingerprint density at radius 3 is 1.05 bits per heavy atom. The van der Waals surface area contributed by atoms with Crippen LogP contribution in [0.3, 0.4) is 0 Å². The van der Waals surface area contributed by atoms with Crippen molar-refractivity contribution in [3.8, 4) is 0 Å². The Kier molecular flexibility index (Phi) is 23.9. The standard InChI is InChI=1S/C36H69N/c1-4-6-8-10-12-14-16-18-20-22-24-26-28-30-32-36(34-37(3)35-36)33-31-29-27-25-23-21-19-17-15-13-11-9-7-5-2/h14-17H,4-13,18-35H2,1-3H3/b16-14-,17-15-. The van der Waals surface area contributed by atoms with Gasteiger partial charge in [-0.1, -0.05) is 141 Å². The normalized spacial score (nSPS) is 15.8. The van der Waals surface area contributed by atoms with E-state index in [4.69, 9.17) is 0 Å². The molecule has 0 saturated carbocycles. The third-order valence-corrected chi connectivity index (χ3v) is 8.65. The van der Waals surface area contributed by atoms with Crippen LogP contribution in [0.15, 0.2) is 24.3 Å². The molecule has 0 aromatic carbocycles. The third-order valence-electron chi connectivity index (χ3n) is 8.65. The van der Waals surface area contributed by atoms with Gasteiger partial charge in [-0.15, -0.1) is 0 Å². The molecule has 1 aliphatic rings. The zero-order valence-electron chi connectivity index (χ0n) is 26.1. The van der Waals surface area contributed by atoms with Crippen LogP contribution in [0.4, 0.5) is 0 Å². The molecular weight excluding hydrogens is 446 g/mol. The largest absolute Gasteiger partial charge is 0.305 e. The Labute approximate surface area is 235 Å². The fourth-order valence-electron chi connectivity index (χ4n) is 6.33. The quantitative estimate of drug-likeness (QED) is 0.0739. The minimum absolute atomic E-state index is 0.679. The van der Waals surface area contributed by atoms with E-state index in [-0.39, 0.29) is 0 Å². The van der Waals surface area contributed by atoms with E-state index in [0.717, 1.165) is 0 Å². The Morgan fingerprint density at radius 1 is 0.432 bits per heavy atom. The topological polar surface area (TPSA) is 3.24 Å². The van der Waals surface area contributed by atoms with Crippen molar-refractivity contribution in [3.63, 3.8) is 0 Å². The van der Waals surface area contributed by atoms with Crippen molar-refractivity contribution in [3.05, 3.63) is 24.3 Å². The third kappa shape index (κ3) is 21.0. The van der Waals surface area contributed by atoms with E-state index >= 15 is 0 Å². The van der Waals surface area contributed by atoms with Crippen molar-refractivity contribution in [2.45, 2.75) is 181 Å². The number of hydrogen-bond donors (Lipinski definition) is 0. The first-order valence-electron chi connectivity index (χ1n) is 17.2. The number of allylic oxidation sites excluding steroid dienone is 4. The molecule has 0 N–H and O–H groups in total. The van der Waals surface area contributed by atoms with Gasteiger partial charge in [0.05, 0.1) is 0 Å². The molecule has 0 aromatic heterocycles. The molecule has 1 heteroatoms. The molecule has 0 spiro atoms. The number of unbranched alkanes of at least 4 members (excludes halogenated alkanes) is 20. The van der Waals surface area contributed by atoms with Crippen molar-refractivity contribution < 1.29 is 0 Å². The zero-order chi connectivity index (χ0) is 26.7. The van der Waals surface area contributed by atoms with Crippen LogP contribution < -0.4 is 0 Å². The molecule has 0 bridgehead atoms. The van der Waals surface area contributed by atoms with Gasteiger partial charge >= 0.3 is 0 Å². The van der Waals surface area contributed by atoms with Crippen LogP contribution >= 0.6 is 0 Å².